The van der Waals surface area contributed by atoms with Gasteiger partial charge in [0.15, 0.2) is 0 Å². The van der Waals surface area contributed by atoms with Crippen LogP contribution in [0.25, 0.3) is 0 Å². The van der Waals surface area contributed by atoms with Crippen LogP contribution in [-0.4, -0.2) is 35.9 Å². The van der Waals surface area contributed by atoms with E-state index in [2.05, 4.69) is 0 Å². The number of carbonyl (C=O) groups excluding carboxylic acids is 1. The molecule has 1 rings (SSSR count). The molecular weight excluding hydrogens is 221 g/mol. The van der Waals surface area contributed by atoms with Crippen LogP contribution >= 0.6 is 0 Å². The smallest absolute Gasteiger partial charge is 0.410 e. The molecule has 0 spiro atoms. The van der Waals surface area contributed by atoms with E-state index >= 15 is 0 Å². The van der Waals surface area contributed by atoms with E-state index in [1.54, 1.807) is 4.90 Å². The molecule has 2 unspecified atom stereocenters. The van der Waals surface area contributed by atoms with Crippen LogP contribution in [0.2, 0.25) is 0 Å². The van der Waals surface area contributed by atoms with Crippen LogP contribution in [0.3, 0.4) is 0 Å². The van der Waals surface area contributed by atoms with Crippen molar-refractivity contribution < 1.29 is 13.9 Å². The summed E-state index contributed by atoms with van der Waals surface area (Å²) in [5.41, 5.74) is -0.489. The molecule has 1 aliphatic rings. The van der Waals surface area contributed by atoms with E-state index in [9.17, 15) is 9.18 Å². The summed E-state index contributed by atoms with van der Waals surface area (Å²) in [4.78, 5) is 13.5. The van der Waals surface area contributed by atoms with E-state index in [0.29, 0.717) is 19.5 Å². The highest BCUT2D eigenvalue weighted by Crippen LogP contribution is 2.27. The van der Waals surface area contributed by atoms with Crippen LogP contribution in [0, 0.1) is 11.8 Å². The first kappa shape index (κ1) is 14.3. The first-order valence-corrected chi connectivity index (χ1v) is 6.32. The van der Waals surface area contributed by atoms with Gasteiger partial charge in [0.1, 0.15) is 11.8 Å². The second kappa shape index (κ2) is 5.23. The van der Waals surface area contributed by atoms with Crippen molar-refractivity contribution in [2.45, 2.75) is 52.8 Å². The maximum atomic E-state index is 13.7. The third kappa shape index (κ3) is 4.17. The van der Waals surface area contributed by atoms with E-state index in [4.69, 9.17) is 4.74 Å². The summed E-state index contributed by atoms with van der Waals surface area (Å²) in [5.74, 6) is 0.173. The predicted molar refractivity (Wildman–Crippen MR) is 65.6 cm³/mol. The van der Waals surface area contributed by atoms with Gasteiger partial charge in [-0.05, 0) is 33.1 Å². The number of carbonyl (C=O) groups is 1. The number of alkyl halides is 1. The highest BCUT2D eigenvalue weighted by molar-refractivity contribution is 5.68. The maximum Gasteiger partial charge on any atom is 0.410 e. The zero-order valence-corrected chi connectivity index (χ0v) is 11.5. The molecule has 100 valence electrons. The first-order chi connectivity index (χ1) is 7.70. The van der Waals surface area contributed by atoms with Gasteiger partial charge in [0.25, 0.3) is 0 Å². The number of ether oxygens (including phenoxy) is 1. The molecule has 0 radical (unpaired) electrons. The van der Waals surface area contributed by atoms with E-state index in [0.717, 1.165) is 0 Å². The number of likely N-dealkylation sites (tertiary alicyclic amines) is 1. The molecule has 1 amide bonds. The van der Waals surface area contributed by atoms with Crippen molar-refractivity contribution >= 4 is 6.09 Å². The van der Waals surface area contributed by atoms with Crippen molar-refractivity contribution in [2.75, 3.05) is 13.1 Å². The number of amides is 1. The molecule has 2 atom stereocenters. The predicted octanol–water partition coefficient (Wildman–Crippen LogP) is 3.24. The third-order valence-electron chi connectivity index (χ3n) is 3.08. The first-order valence-electron chi connectivity index (χ1n) is 6.32. The maximum absolute atomic E-state index is 13.7. The minimum absolute atomic E-state index is 0.0729. The van der Waals surface area contributed by atoms with Gasteiger partial charge in [-0.25, -0.2) is 9.18 Å². The summed E-state index contributed by atoms with van der Waals surface area (Å²) in [6.45, 7) is 10.4. The van der Waals surface area contributed by atoms with Crippen molar-refractivity contribution in [3.63, 3.8) is 0 Å². The molecule has 0 saturated carbocycles. The van der Waals surface area contributed by atoms with Crippen LogP contribution in [0.5, 0.6) is 0 Å². The van der Waals surface area contributed by atoms with Crippen molar-refractivity contribution in [2.24, 2.45) is 11.8 Å². The Kier molecular flexibility index (Phi) is 4.39. The van der Waals surface area contributed by atoms with Crippen LogP contribution in [-0.2, 0) is 4.74 Å². The third-order valence-corrected chi connectivity index (χ3v) is 3.08. The van der Waals surface area contributed by atoms with Gasteiger partial charge < -0.3 is 9.64 Å². The van der Waals surface area contributed by atoms with Gasteiger partial charge in [-0.1, -0.05) is 13.8 Å². The molecule has 3 nitrogen and oxygen atoms in total. The molecule has 1 heterocycles. The summed E-state index contributed by atoms with van der Waals surface area (Å²) in [7, 11) is 0. The lowest BCUT2D eigenvalue weighted by atomic mass is 9.86. The average Bonchev–Trinajstić information content (AvgIpc) is 2.14. The SMILES string of the molecule is CC(C)C1CN(C(=O)OC(C)(C)C)CCC1F. The fourth-order valence-electron chi connectivity index (χ4n) is 2.07. The largest absolute Gasteiger partial charge is 0.444 e. The highest BCUT2D eigenvalue weighted by Gasteiger charge is 2.34. The summed E-state index contributed by atoms with van der Waals surface area (Å²) in [5, 5.41) is 0. The molecule has 0 aromatic rings. The van der Waals surface area contributed by atoms with Gasteiger partial charge in [-0.3, -0.25) is 0 Å². The van der Waals surface area contributed by atoms with E-state index < -0.39 is 11.8 Å². The quantitative estimate of drug-likeness (QED) is 0.709. The van der Waals surface area contributed by atoms with Crippen LogP contribution in [0.4, 0.5) is 9.18 Å². The summed E-state index contributed by atoms with van der Waals surface area (Å²) < 4.78 is 19.0. The molecule has 1 saturated heterocycles. The minimum atomic E-state index is -0.798. The number of hydrogen-bond donors (Lipinski definition) is 0. The molecule has 0 bridgehead atoms. The molecule has 0 aromatic carbocycles. The molecule has 0 N–H and O–H groups in total. The fourth-order valence-corrected chi connectivity index (χ4v) is 2.07. The number of nitrogens with zero attached hydrogens (tertiary/aromatic N) is 1. The van der Waals surface area contributed by atoms with E-state index in [-0.39, 0.29) is 17.9 Å². The standard InChI is InChI=1S/C13H24FNO2/c1-9(2)10-8-15(7-6-11(10)14)12(16)17-13(3,4)5/h9-11H,6-8H2,1-5H3. The van der Waals surface area contributed by atoms with Gasteiger partial charge in [-0.2, -0.15) is 0 Å². The van der Waals surface area contributed by atoms with Crippen molar-refractivity contribution in [1.82, 2.24) is 4.90 Å². The van der Waals surface area contributed by atoms with E-state index in [1.165, 1.54) is 0 Å². The Morgan fingerprint density at radius 1 is 1.41 bits per heavy atom. The summed E-state index contributed by atoms with van der Waals surface area (Å²) in [6, 6.07) is 0. The fraction of sp³-hybridized carbons (Fsp3) is 0.923. The zero-order valence-electron chi connectivity index (χ0n) is 11.5. The van der Waals surface area contributed by atoms with Gasteiger partial charge in [0, 0.05) is 19.0 Å². The van der Waals surface area contributed by atoms with Crippen LogP contribution in [0.15, 0.2) is 0 Å². The molecule has 1 fully saturated rings. The van der Waals surface area contributed by atoms with Gasteiger partial charge in [0.05, 0.1) is 0 Å². The molecule has 17 heavy (non-hydrogen) atoms. The monoisotopic (exact) mass is 245 g/mol. The minimum Gasteiger partial charge on any atom is -0.444 e. The Morgan fingerprint density at radius 3 is 2.47 bits per heavy atom. The summed E-state index contributed by atoms with van der Waals surface area (Å²) >= 11 is 0. The Morgan fingerprint density at radius 2 is 2.00 bits per heavy atom. The Hall–Kier alpha value is -0.800. The molecule has 0 aromatic heterocycles. The van der Waals surface area contributed by atoms with Crippen molar-refractivity contribution in [3.05, 3.63) is 0 Å². The molecule has 1 aliphatic heterocycles. The van der Waals surface area contributed by atoms with Crippen LogP contribution in [0.1, 0.15) is 41.0 Å². The van der Waals surface area contributed by atoms with Crippen molar-refractivity contribution in [3.8, 4) is 0 Å². The van der Waals surface area contributed by atoms with Gasteiger partial charge in [-0.15, -0.1) is 0 Å². The molecular formula is C13H24FNO2. The number of piperidine rings is 1. The molecule has 4 heteroatoms. The summed E-state index contributed by atoms with van der Waals surface area (Å²) in [6.07, 6.45) is -0.703. The number of halogens is 1. The Bertz CT molecular complexity index is 273. The highest BCUT2D eigenvalue weighted by atomic mass is 19.1. The number of rotatable bonds is 1. The topological polar surface area (TPSA) is 29.5 Å². The second-order valence-corrected chi connectivity index (χ2v) is 6.14. The zero-order chi connectivity index (χ0) is 13.2. The number of hydrogen-bond acceptors (Lipinski definition) is 2. The lowest BCUT2D eigenvalue weighted by Gasteiger charge is -2.37. The Labute approximate surface area is 103 Å². The normalized spacial score (nSPS) is 26.2. The average molecular weight is 245 g/mol. The van der Waals surface area contributed by atoms with Crippen LogP contribution < -0.4 is 0 Å². The van der Waals surface area contributed by atoms with E-state index in [1.807, 2.05) is 34.6 Å². The van der Waals surface area contributed by atoms with Crippen molar-refractivity contribution in [1.29, 1.82) is 0 Å². The van der Waals surface area contributed by atoms with Gasteiger partial charge in [0.2, 0.25) is 0 Å². The lowest BCUT2D eigenvalue weighted by Crippen LogP contribution is -2.48. The second-order valence-electron chi connectivity index (χ2n) is 6.14. The Balaban J connectivity index is 2.59. The van der Waals surface area contributed by atoms with Gasteiger partial charge >= 0.3 is 6.09 Å². The lowest BCUT2D eigenvalue weighted by molar-refractivity contribution is 0.00102. The molecule has 0 aliphatic carbocycles.